The Labute approximate surface area is 231 Å². The molecule has 0 N–H and O–H groups in total. The number of hydrogen-bond acceptors (Lipinski definition) is 2. The van der Waals surface area contributed by atoms with Crippen LogP contribution in [0.2, 0.25) is 0 Å². The quantitative estimate of drug-likeness (QED) is 0.238. The topological polar surface area (TPSA) is 30.7 Å². The molecular formula is C36H35N3. The number of rotatable bonds is 3. The minimum absolute atomic E-state index is 0.00244. The van der Waals surface area contributed by atoms with Gasteiger partial charge in [-0.1, -0.05) is 102 Å². The van der Waals surface area contributed by atoms with E-state index in [1.807, 2.05) is 0 Å². The Hall–Kier alpha value is -4.24. The molecule has 0 aliphatic rings. The summed E-state index contributed by atoms with van der Waals surface area (Å²) >= 11 is 0. The van der Waals surface area contributed by atoms with Gasteiger partial charge in [0.15, 0.2) is 0 Å². The summed E-state index contributed by atoms with van der Waals surface area (Å²) in [4.78, 5) is 10.3. The van der Waals surface area contributed by atoms with Gasteiger partial charge in [-0.05, 0) is 53.6 Å². The third-order valence-corrected chi connectivity index (χ3v) is 7.40. The van der Waals surface area contributed by atoms with E-state index in [2.05, 4.69) is 149 Å². The number of aromatic nitrogens is 3. The molecule has 0 aliphatic heterocycles. The van der Waals surface area contributed by atoms with Gasteiger partial charge in [-0.3, -0.25) is 9.55 Å². The van der Waals surface area contributed by atoms with E-state index in [-0.39, 0.29) is 10.8 Å². The van der Waals surface area contributed by atoms with Gasteiger partial charge in [-0.25, -0.2) is 4.98 Å². The Morgan fingerprint density at radius 1 is 0.487 bits per heavy atom. The summed E-state index contributed by atoms with van der Waals surface area (Å²) in [6.07, 6.45) is 0. The van der Waals surface area contributed by atoms with E-state index in [4.69, 9.17) is 9.97 Å². The molecule has 39 heavy (non-hydrogen) atoms. The van der Waals surface area contributed by atoms with E-state index in [1.54, 1.807) is 0 Å². The van der Waals surface area contributed by atoms with E-state index in [1.165, 1.54) is 21.8 Å². The maximum absolute atomic E-state index is 5.24. The maximum atomic E-state index is 5.24. The second-order valence-electron chi connectivity index (χ2n) is 12.5. The summed E-state index contributed by atoms with van der Waals surface area (Å²) in [6.45, 7) is 13.3. The molecule has 0 saturated carbocycles. The highest BCUT2D eigenvalue weighted by molar-refractivity contribution is 6.09. The number of nitrogens with zero attached hydrogens (tertiary/aromatic N) is 3. The van der Waals surface area contributed by atoms with Crippen molar-refractivity contribution in [2.75, 3.05) is 0 Å². The van der Waals surface area contributed by atoms with E-state index >= 15 is 0 Å². The Balaban J connectivity index is 1.56. The van der Waals surface area contributed by atoms with Gasteiger partial charge in [-0.15, -0.1) is 0 Å². The molecule has 6 rings (SSSR count). The summed E-state index contributed by atoms with van der Waals surface area (Å²) in [7, 11) is 0. The minimum Gasteiger partial charge on any atom is -0.294 e. The van der Waals surface area contributed by atoms with Crippen LogP contribution in [0.25, 0.3) is 50.0 Å². The summed E-state index contributed by atoms with van der Waals surface area (Å²) in [6, 6.07) is 36.7. The normalized spacial score (nSPS) is 12.4. The molecular weight excluding hydrogens is 474 g/mol. The predicted octanol–water partition coefficient (Wildman–Crippen LogP) is 9.50. The fraction of sp³-hybridized carbons (Fsp3) is 0.222. The third-order valence-electron chi connectivity index (χ3n) is 7.40. The van der Waals surface area contributed by atoms with Gasteiger partial charge in [0.2, 0.25) is 0 Å². The SMILES string of the molecule is CC(C)(C)c1cccc(-c2cccc(-c3cc(-n4c5ccccc5c5ccccc54)nc(C(C)(C)C)c3)c2)n1. The lowest BCUT2D eigenvalue weighted by Gasteiger charge is -2.21. The van der Waals surface area contributed by atoms with Crippen LogP contribution in [0, 0.1) is 0 Å². The molecule has 194 valence electrons. The van der Waals surface area contributed by atoms with Crippen LogP contribution in [0.1, 0.15) is 52.9 Å². The average Bonchev–Trinajstić information content (AvgIpc) is 3.26. The molecule has 0 unspecified atom stereocenters. The van der Waals surface area contributed by atoms with Gasteiger partial charge < -0.3 is 0 Å². The van der Waals surface area contributed by atoms with Crippen LogP contribution in [0.3, 0.4) is 0 Å². The van der Waals surface area contributed by atoms with E-state index in [0.717, 1.165) is 39.6 Å². The average molecular weight is 510 g/mol. The van der Waals surface area contributed by atoms with Crippen LogP contribution >= 0.6 is 0 Å². The van der Waals surface area contributed by atoms with Gasteiger partial charge >= 0.3 is 0 Å². The van der Waals surface area contributed by atoms with Gasteiger partial charge in [-0.2, -0.15) is 0 Å². The van der Waals surface area contributed by atoms with Crippen LogP contribution in [0.4, 0.5) is 0 Å². The maximum Gasteiger partial charge on any atom is 0.138 e. The molecule has 0 fully saturated rings. The first-order chi connectivity index (χ1) is 18.6. The van der Waals surface area contributed by atoms with Gasteiger partial charge in [0.25, 0.3) is 0 Å². The first-order valence-electron chi connectivity index (χ1n) is 13.7. The highest BCUT2D eigenvalue weighted by atomic mass is 15.1. The molecule has 0 atom stereocenters. The Bertz CT molecular complexity index is 1770. The van der Waals surface area contributed by atoms with Crippen molar-refractivity contribution in [3.05, 3.63) is 115 Å². The van der Waals surface area contributed by atoms with E-state index in [0.29, 0.717) is 0 Å². The standard InChI is InChI=1S/C36H35N3/c1-35(2,3)32-20-12-17-29(37-32)25-14-11-13-24(21-25)26-22-33(36(4,5)6)38-34(23-26)39-30-18-9-7-15-27(30)28-16-8-10-19-31(28)39/h7-23H,1-6H3. The Kier molecular flexibility index (Phi) is 5.91. The predicted molar refractivity (Wildman–Crippen MR) is 165 cm³/mol. The molecule has 3 heteroatoms. The van der Waals surface area contributed by atoms with Crippen molar-refractivity contribution in [3.63, 3.8) is 0 Å². The molecule has 0 saturated heterocycles. The molecule has 3 nitrogen and oxygen atoms in total. The number of fused-ring (bicyclic) bond motifs is 3. The lowest BCUT2D eigenvalue weighted by Crippen LogP contribution is -2.15. The second-order valence-corrected chi connectivity index (χ2v) is 12.5. The van der Waals surface area contributed by atoms with Crippen molar-refractivity contribution in [2.24, 2.45) is 0 Å². The molecule has 0 amide bonds. The van der Waals surface area contributed by atoms with Gasteiger partial charge in [0, 0.05) is 38.6 Å². The summed E-state index contributed by atoms with van der Waals surface area (Å²) in [5, 5.41) is 2.48. The van der Waals surface area contributed by atoms with Crippen LogP contribution in [-0.2, 0) is 10.8 Å². The lowest BCUT2D eigenvalue weighted by atomic mass is 9.89. The Morgan fingerprint density at radius 2 is 1.08 bits per heavy atom. The van der Waals surface area contributed by atoms with Crippen molar-refractivity contribution in [1.29, 1.82) is 0 Å². The largest absolute Gasteiger partial charge is 0.294 e. The molecule has 0 aliphatic carbocycles. The molecule has 3 aromatic carbocycles. The minimum atomic E-state index is -0.107. The molecule has 3 heterocycles. The first-order valence-corrected chi connectivity index (χ1v) is 13.7. The highest BCUT2D eigenvalue weighted by Crippen LogP contribution is 2.35. The van der Waals surface area contributed by atoms with Crippen molar-refractivity contribution in [3.8, 4) is 28.2 Å². The number of benzene rings is 3. The zero-order chi connectivity index (χ0) is 27.4. The van der Waals surface area contributed by atoms with Gasteiger partial charge in [0.05, 0.1) is 16.7 Å². The molecule has 0 radical (unpaired) electrons. The zero-order valence-electron chi connectivity index (χ0n) is 23.7. The summed E-state index contributed by atoms with van der Waals surface area (Å²) in [5.41, 5.74) is 8.81. The lowest BCUT2D eigenvalue weighted by molar-refractivity contribution is 0.568. The second kappa shape index (κ2) is 9.20. The van der Waals surface area contributed by atoms with Crippen LogP contribution in [0.5, 0.6) is 0 Å². The Morgan fingerprint density at radius 3 is 1.72 bits per heavy atom. The number of hydrogen-bond donors (Lipinski definition) is 0. The van der Waals surface area contributed by atoms with E-state index < -0.39 is 0 Å². The van der Waals surface area contributed by atoms with Crippen LogP contribution < -0.4 is 0 Å². The van der Waals surface area contributed by atoms with Crippen molar-refractivity contribution in [1.82, 2.24) is 14.5 Å². The molecule has 6 aromatic rings. The van der Waals surface area contributed by atoms with Crippen molar-refractivity contribution >= 4 is 21.8 Å². The monoisotopic (exact) mass is 509 g/mol. The molecule has 0 bridgehead atoms. The molecule has 3 aromatic heterocycles. The fourth-order valence-corrected chi connectivity index (χ4v) is 5.22. The number of para-hydroxylation sites is 2. The van der Waals surface area contributed by atoms with Crippen LogP contribution in [0.15, 0.2) is 103 Å². The van der Waals surface area contributed by atoms with E-state index in [9.17, 15) is 0 Å². The van der Waals surface area contributed by atoms with Crippen molar-refractivity contribution < 1.29 is 0 Å². The van der Waals surface area contributed by atoms with Crippen LogP contribution in [-0.4, -0.2) is 14.5 Å². The third kappa shape index (κ3) is 4.63. The summed E-state index contributed by atoms with van der Waals surface area (Å²) < 4.78 is 2.31. The van der Waals surface area contributed by atoms with Crippen molar-refractivity contribution in [2.45, 2.75) is 52.4 Å². The van der Waals surface area contributed by atoms with Gasteiger partial charge in [0.1, 0.15) is 5.82 Å². The summed E-state index contributed by atoms with van der Waals surface area (Å²) in [5.74, 6) is 0.938. The highest BCUT2D eigenvalue weighted by Gasteiger charge is 2.21. The number of pyridine rings is 2. The smallest absolute Gasteiger partial charge is 0.138 e. The zero-order valence-corrected chi connectivity index (χ0v) is 23.7. The fourth-order valence-electron chi connectivity index (χ4n) is 5.22. The first kappa shape index (κ1) is 25.1. The molecule has 0 spiro atoms.